The van der Waals surface area contributed by atoms with E-state index in [1.54, 1.807) is 0 Å². The van der Waals surface area contributed by atoms with Gasteiger partial charge in [0.2, 0.25) is 11.8 Å². The van der Waals surface area contributed by atoms with Crippen LogP contribution >= 0.6 is 0 Å². The summed E-state index contributed by atoms with van der Waals surface area (Å²) in [6, 6.07) is 0.108. The van der Waals surface area contributed by atoms with E-state index in [-0.39, 0.29) is 17.9 Å². The van der Waals surface area contributed by atoms with Gasteiger partial charge in [-0.2, -0.15) is 0 Å². The van der Waals surface area contributed by atoms with Gasteiger partial charge in [-0.1, -0.05) is 0 Å². The fourth-order valence-corrected chi connectivity index (χ4v) is 2.67. The third kappa shape index (κ3) is 2.19. The molecule has 3 N–H and O–H groups in total. The fourth-order valence-electron chi connectivity index (χ4n) is 2.67. The van der Waals surface area contributed by atoms with E-state index < -0.39 is 0 Å². The molecule has 3 unspecified atom stereocenters. The number of amides is 2. The van der Waals surface area contributed by atoms with Crippen LogP contribution in [0.4, 0.5) is 0 Å². The van der Waals surface area contributed by atoms with Crippen LogP contribution in [0.25, 0.3) is 0 Å². The maximum atomic E-state index is 11.2. The molecular weight excluding hydrogens is 206 g/mol. The topological polar surface area (TPSA) is 75.4 Å². The van der Waals surface area contributed by atoms with Crippen LogP contribution in [-0.4, -0.2) is 41.9 Å². The van der Waals surface area contributed by atoms with Crippen molar-refractivity contribution in [1.82, 2.24) is 10.2 Å². The molecule has 0 radical (unpaired) electrons. The maximum Gasteiger partial charge on any atom is 0.234 e. The predicted molar refractivity (Wildman–Crippen MR) is 59.5 cm³/mol. The number of nitrogens with one attached hydrogen (secondary N) is 1. The highest BCUT2D eigenvalue weighted by atomic mass is 16.2. The number of hydrogen-bond donors (Lipinski definition) is 2. The molecule has 5 nitrogen and oxygen atoms in total. The molecule has 2 fully saturated rings. The molecule has 2 rings (SSSR count). The van der Waals surface area contributed by atoms with Crippen molar-refractivity contribution in [3.8, 4) is 0 Å². The minimum atomic E-state index is -0.265. The number of fused-ring (bicyclic) bond motifs is 1. The highest BCUT2D eigenvalue weighted by molar-refractivity contribution is 5.79. The Hall–Kier alpha value is -1.10. The first-order chi connectivity index (χ1) is 7.58. The zero-order chi connectivity index (χ0) is 11.7. The van der Waals surface area contributed by atoms with Crippen LogP contribution in [0.2, 0.25) is 0 Å². The van der Waals surface area contributed by atoms with Gasteiger partial charge < -0.3 is 11.1 Å². The minimum Gasteiger partial charge on any atom is -0.368 e. The van der Waals surface area contributed by atoms with Crippen molar-refractivity contribution in [2.45, 2.75) is 38.3 Å². The summed E-state index contributed by atoms with van der Waals surface area (Å²) in [7, 11) is 0. The van der Waals surface area contributed by atoms with Gasteiger partial charge in [0, 0.05) is 25.6 Å². The first kappa shape index (κ1) is 11.4. The van der Waals surface area contributed by atoms with Crippen LogP contribution < -0.4 is 11.1 Å². The highest BCUT2D eigenvalue weighted by Gasteiger charge is 2.35. The molecule has 0 saturated carbocycles. The second kappa shape index (κ2) is 4.41. The standard InChI is InChI=1S/C11H19N3O2/c1-7(11(12)16)14-5-4-9-8(6-14)2-3-10(15)13-9/h7-9H,2-6H2,1H3,(H2,12,16)(H,13,15). The quantitative estimate of drug-likeness (QED) is 0.663. The largest absolute Gasteiger partial charge is 0.368 e. The summed E-state index contributed by atoms with van der Waals surface area (Å²) in [6.07, 6.45) is 2.46. The van der Waals surface area contributed by atoms with Gasteiger partial charge in [0.1, 0.15) is 0 Å². The zero-order valence-corrected chi connectivity index (χ0v) is 9.61. The van der Waals surface area contributed by atoms with Crippen LogP contribution in [0.5, 0.6) is 0 Å². The summed E-state index contributed by atoms with van der Waals surface area (Å²) in [5.74, 6) is 0.379. The second-order valence-electron chi connectivity index (χ2n) is 4.83. The number of piperidine rings is 2. The Kier molecular flexibility index (Phi) is 3.14. The molecule has 2 heterocycles. The van der Waals surface area contributed by atoms with Gasteiger partial charge in [-0.15, -0.1) is 0 Å². The Morgan fingerprint density at radius 2 is 2.31 bits per heavy atom. The average Bonchev–Trinajstić information content (AvgIpc) is 2.27. The molecular formula is C11H19N3O2. The van der Waals surface area contributed by atoms with Gasteiger partial charge in [-0.3, -0.25) is 14.5 Å². The highest BCUT2D eigenvalue weighted by Crippen LogP contribution is 2.26. The van der Waals surface area contributed by atoms with E-state index in [0.29, 0.717) is 18.4 Å². The number of rotatable bonds is 2. The van der Waals surface area contributed by atoms with Crippen molar-refractivity contribution in [2.75, 3.05) is 13.1 Å². The average molecular weight is 225 g/mol. The molecule has 90 valence electrons. The lowest BCUT2D eigenvalue weighted by Crippen LogP contribution is -2.57. The third-order valence-electron chi connectivity index (χ3n) is 3.81. The van der Waals surface area contributed by atoms with Gasteiger partial charge in [0.25, 0.3) is 0 Å². The smallest absolute Gasteiger partial charge is 0.234 e. The summed E-state index contributed by atoms with van der Waals surface area (Å²) < 4.78 is 0. The van der Waals surface area contributed by atoms with Gasteiger partial charge in [-0.05, 0) is 25.7 Å². The van der Waals surface area contributed by atoms with Crippen molar-refractivity contribution >= 4 is 11.8 Å². The molecule has 2 amide bonds. The van der Waals surface area contributed by atoms with Gasteiger partial charge in [0.15, 0.2) is 0 Å². The monoisotopic (exact) mass is 225 g/mol. The van der Waals surface area contributed by atoms with Crippen molar-refractivity contribution in [3.05, 3.63) is 0 Å². The second-order valence-corrected chi connectivity index (χ2v) is 4.83. The third-order valence-corrected chi connectivity index (χ3v) is 3.81. The summed E-state index contributed by atoms with van der Waals surface area (Å²) in [4.78, 5) is 24.5. The minimum absolute atomic E-state index is 0.164. The molecule has 0 aromatic heterocycles. The summed E-state index contributed by atoms with van der Waals surface area (Å²) in [6.45, 7) is 3.56. The number of primary amides is 1. The van der Waals surface area contributed by atoms with Crippen molar-refractivity contribution in [3.63, 3.8) is 0 Å². The van der Waals surface area contributed by atoms with Crippen LogP contribution in [0.1, 0.15) is 26.2 Å². The van der Waals surface area contributed by atoms with Crippen LogP contribution in [0, 0.1) is 5.92 Å². The van der Waals surface area contributed by atoms with E-state index in [2.05, 4.69) is 10.2 Å². The van der Waals surface area contributed by atoms with Gasteiger partial charge in [0.05, 0.1) is 6.04 Å². The Labute approximate surface area is 95.3 Å². The van der Waals surface area contributed by atoms with Crippen LogP contribution in [0.3, 0.4) is 0 Å². The van der Waals surface area contributed by atoms with E-state index in [4.69, 9.17) is 5.73 Å². The molecule has 16 heavy (non-hydrogen) atoms. The number of carbonyl (C=O) groups excluding carboxylic acids is 2. The lowest BCUT2D eigenvalue weighted by Gasteiger charge is -2.42. The van der Waals surface area contributed by atoms with Gasteiger partial charge in [-0.25, -0.2) is 0 Å². The van der Waals surface area contributed by atoms with Crippen molar-refractivity contribution in [2.24, 2.45) is 11.7 Å². The summed E-state index contributed by atoms with van der Waals surface area (Å²) >= 11 is 0. The fraction of sp³-hybridized carbons (Fsp3) is 0.818. The number of carbonyl (C=O) groups is 2. The van der Waals surface area contributed by atoms with Crippen LogP contribution in [0.15, 0.2) is 0 Å². The normalized spacial score (nSPS) is 32.7. The Morgan fingerprint density at radius 1 is 1.56 bits per heavy atom. The maximum absolute atomic E-state index is 11.2. The molecule has 0 aromatic carbocycles. The number of likely N-dealkylation sites (tertiary alicyclic amines) is 1. The predicted octanol–water partition coefficient (Wildman–Crippen LogP) is -0.539. The lowest BCUT2D eigenvalue weighted by molar-refractivity contribution is -0.128. The first-order valence-electron chi connectivity index (χ1n) is 5.90. The lowest BCUT2D eigenvalue weighted by atomic mass is 9.84. The van der Waals surface area contributed by atoms with E-state index >= 15 is 0 Å². The number of nitrogens with two attached hydrogens (primary N) is 1. The molecule has 2 aliphatic rings. The number of nitrogens with zero attached hydrogens (tertiary/aromatic N) is 1. The molecule has 0 bridgehead atoms. The molecule has 0 aromatic rings. The Morgan fingerprint density at radius 3 is 3.00 bits per heavy atom. The zero-order valence-electron chi connectivity index (χ0n) is 9.61. The Balaban J connectivity index is 1.95. The van der Waals surface area contributed by atoms with E-state index in [0.717, 1.165) is 25.9 Å². The van der Waals surface area contributed by atoms with E-state index in [9.17, 15) is 9.59 Å². The van der Waals surface area contributed by atoms with Crippen molar-refractivity contribution < 1.29 is 9.59 Å². The Bertz CT molecular complexity index is 306. The van der Waals surface area contributed by atoms with Gasteiger partial charge >= 0.3 is 0 Å². The molecule has 0 aliphatic carbocycles. The molecule has 3 atom stereocenters. The van der Waals surface area contributed by atoms with E-state index in [1.165, 1.54) is 0 Å². The van der Waals surface area contributed by atoms with Crippen molar-refractivity contribution in [1.29, 1.82) is 0 Å². The summed E-state index contributed by atoms with van der Waals surface area (Å²) in [5, 5.41) is 3.03. The van der Waals surface area contributed by atoms with Crippen LogP contribution in [-0.2, 0) is 9.59 Å². The first-order valence-corrected chi connectivity index (χ1v) is 5.90. The molecule has 2 saturated heterocycles. The molecule has 5 heteroatoms. The molecule has 2 aliphatic heterocycles. The van der Waals surface area contributed by atoms with E-state index in [1.807, 2.05) is 6.92 Å². The SMILES string of the molecule is CC(C(N)=O)N1CCC2NC(=O)CCC2C1. The molecule has 0 spiro atoms. The number of hydrogen-bond acceptors (Lipinski definition) is 3. The summed E-state index contributed by atoms with van der Waals surface area (Å²) in [5.41, 5.74) is 5.31.